The van der Waals surface area contributed by atoms with E-state index in [1.54, 1.807) is 40.9 Å². The molecule has 15 nitrogen and oxygen atoms in total. The molecule has 17 heteroatoms. The highest BCUT2D eigenvalue weighted by Crippen LogP contribution is 2.47. The monoisotopic (exact) mass is 800 g/mol. The van der Waals surface area contributed by atoms with E-state index in [1.807, 2.05) is 12.1 Å². The highest BCUT2D eigenvalue weighted by Gasteiger charge is 2.63. The number of carbonyl (C=O) groups excluding carboxylic acids is 4. The number of fused-ring (bicyclic) bond motifs is 5. The highest BCUT2D eigenvalue weighted by atomic mass is 32.2. The minimum absolute atomic E-state index is 0.0311. The van der Waals surface area contributed by atoms with Crippen LogP contribution in [-0.4, -0.2) is 103 Å². The quantitative estimate of drug-likeness (QED) is 0.352. The van der Waals surface area contributed by atoms with E-state index in [1.165, 1.54) is 4.90 Å². The fourth-order valence-corrected chi connectivity index (χ4v) is 9.58. The zero-order chi connectivity index (χ0) is 40.2. The lowest BCUT2D eigenvalue weighted by Crippen LogP contribution is -2.61. The number of alkyl halides is 1. The van der Waals surface area contributed by atoms with Crippen LogP contribution >= 0.6 is 0 Å². The number of benzene rings is 1. The Hall–Kier alpha value is -4.28. The highest BCUT2D eigenvalue weighted by molar-refractivity contribution is 7.91. The van der Waals surface area contributed by atoms with Crippen LogP contribution in [0.3, 0.4) is 0 Å². The molecule has 2 bridgehead atoms. The number of halogens is 1. The Bertz CT molecular complexity index is 1990. The summed E-state index contributed by atoms with van der Waals surface area (Å²) in [6.07, 6.45) is 3.88. The van der Waals surface area contributed by atoms with Gasteiger partial charge in [-0.15, -0.1) is 0 Å². The predicted molar refractivity (Wildman–Crippen MR) is 202 cm³/mol. The van der Waals surface area contributed by atoms with Gasteiger partial charge in [0.15, 0.2) is 0 Å². The van der Waals surface area contributed by atoms with Gasteiger partial charge in [0.05, 0.1) is 36.6 Å². The molecule has 0 spiro atoms. The van der Waals surface area contributed by atoms with Crippen LogP contribution in [0.2, 0.25) is 0 Å². The molecule has 0 radical (unpaired) electrons. The van der Waals surface area contributed by atoms with Crippen molar-refractivity contribution in [3.05, 3.63) is 23.9 Å². The number of nitrogens with one attached hydrogen (secondary N) is 3. The molecule has 1 aromatic heterocycles. The molecular weight excluding hydrogens is 748 g/mol. The van der Waals surface area contributed by atoms with E-state index in [2.05, 4.69) is 15.4 Å². The van der Waals surface area contributed by atoms with Crippen LogP contribution < -0.4 is 24.8 Å². The zero-order valence-electron chi connectivity index (χ0n) is 32.6. The van der Waals surface area contributed by atoms with Gasteiger partial charge in [0, 0.05) is 12.0 Å². The van der Waals surface area contributed by atoms with Crippen LogP contribution in [-0.2, 0) is 35.6 Å². The van der Waals surface area contributed by atoms with Gasteiger partial charge in [0.25, 0.3) is 5.91 Å². The molecule has 3 aliphatic carbocycles. The number of sulfonamides is 1. The van der Waals surface area contributed by atoms with E-state index in [4.69, 9.17) is 24.2 Å². The summed E-state index contributed by atoms with van der Waals surface area (Å²) >= 11 is 0. The van der Waals surface area contributed by atoms with Crippen molar-refractivity contribution < 1.29 is 46.2 Å². The van der Waals surface area contributed by atoms with Crippen LogP contribution in [0.4, 0.5) is 9.18 Å². The van der Waals surface area contributed by atoms with Gasteiger partial charge >= 0.3 is 6.09 Å². The third-order valence-electron chi connectivity index (χ3n) is 12.0. The minimum Gasteiger partial charge on any atom is -0.497 e. The van der Waals surface area contributed by atoms with E-state index in [9.17, 15) is 32.0 Å². The average Bonchev–Trinajstić information content (AvgIpc) is 4.06. The van der Waals surface area contributed by atoms with Gasteiger partial charge in [-0.05, 0) is 80.8 Å². The molecule has 2 aliphatic heterocycles. The van der Waals surface area contributed by atoms with E-state index in [0.717, 1.165) is 32.1 Å². The summed E-state index contributed by atoms with van der Waals surface area (Å²) in [4.78, 5) is 67.4. The predicted octanol–water partition coefficient (Wildman–Crippen LogP) is 3.72. The molecule has 306 valence electrons. The molecule has 0 unspecified atom stereocenters. The van der Waals surface area contributed by atoms with Crippen LogP contribution in [0.15, 0.2) is 18.2 Å². The van der Waals surface area contributed by atoms with Crippen LogP contribution in [0, 0.1) is 23.2 Å². The molecule has 3 N–H and O–H groups in total. The maximum absolute atomic E-state index is 14.8. The van der Waals surface area contributed by atoms with Crippen LogP contribution in [0.25, 0.3) is 11.0 Å². The van der Waals surface area contributed by atoms with Crippen molar-refractivity contribution in [1.82, 2.24) is 30.2 Å². The van der Waals surface area contributed by atoms with Crippen molar-refractivity contribution in [3.8, 4) is 11.6 Å². The molecule has 8 atom stereocenters. The number of hydrogen-bond acceptors (Lipinski definition) is 11. The molecule has 1 aromatic carbocycles. The first kappa shape index (κ1) is 39.9. The Balaban J connectivity index is 1.24. The largest absolute Gasteiger partial charge is 0.497 e. The molecule has 3 heterocycles. The number of ether oxygens (including phenoxy) is 3. The Labute approximate surface area is 326 Å². The summed E-state index contributed by atoms with van der Waals surface area (Å²) in [6.45, 7) is 6.26. The van der Waals surface area contributed by atoms with E-state index in [0.29, 0.717) is 41.7 Å². The first-order valence-electron chi connectivity index (χ1n) is 19.8. The third-order valence-corrected chi connectivity index (χ3v) is 13.8. The minimum atomic E-state index is -3.98. The lowest BCUT2D eigenvalue weighted by molar-refractivity contribution is -0.143. The molecular formula is C39H53FN6O9S. The number of carbonyl (C=O) groups is 4. The number of aryl methyl sites for hydroxylation is 1. The number of nitrogens with zero attached hydrogens (tertiary/aromatic N) is 3. The number of hydrogen-bond donors (Lipinski definition) is 3. The Kier molecular flexibility index (Phi) is 10.9. The van der Waals surface area contributed by atoms with Gasteiger partial charge in [0.1, 0.15) is 41.3 Å². The van der Waals surface area contributed by atoms with E-state index in [-0.39, 0.29) is 37.3 Å². The lowest BCUT2D eigenvalue weighted by Gasteiger charge is -2.36. The maximum atomic E-state index is 14.8. The van der Waals surface area contributed by atoms with Gasteiger partial charge in [0.2, 0.25) is 27.7 Å². The number of amides is 4. The van der Waals surface area contributed by atoms with Crippen LogP contribution in [0.1, 0.15) is 91.2 Å². The Morgan fingerprint density at radius 3 is 2.54 bits per heavy atom. The smallest absolute Gasteiger partial charge is 0.408 e. The van der Waals surface area contributed by atoms with Crippen molar-refractivity contribution in [2.75, 3.05) is 20.3 Å². The van der Waals surface area contributed by atoms with Crippen molar-refractivity contribution >= 4 is 44.9 Å². The lowest BCUT2D eigenvalue weighted by atomic mass is 9.85. The normalized spacial score (nSPS) is 31.0. The topological polar surface area (TPSA) is 195 Å². The number of alkyl carbamates (subject to hydrolysis) is 1. The number of methoxy groups -OCH3 is 1. The van der Waals surface area contributed by atoms with Crippen molar-refractivity contribution in [3.63, 3.8) is 0 Å². The fourth-order valence-electron chi connectivity index (χ4n) is 8.22. The van der Waals surface area contributed by atoms with Gasteiger partial charge in [-0.25, -0.2) is 23.2 Å². The Morgan fingerprint density at radius 2 is 1.84 bits per heavy atom. The summed E-state index contributed by atoms with van der Waals surface area (Å²) in [6, 6.07) is 3.03. The molecule has 5 aliphatic rings. The van der Waals surface area contributed by atoms with E-state index < -0.39 is 86.7 Å². The second-order valence-corrected chi connectivity index (χ2v) is 19.2. The average molecular weight is 801 g/mol. The maximum Gasteiger partial charge on any atom is 0.408 e. The zero-order valence-corrected chi connectivity index (χ0v) is 33.5. The summed E-state index contributed by atoms with van der Waals surface area (Å²) in [5.41, 5.74) is -0.693. The van der Waals surface area contributed by atoms with Crippen molar-refractivity contribution in [1.29, 1.82) is 0 Å². The van der Waals surface area contributed by atoms with Gasteiger partial charge in [-0.3, -0.25) is 23.5 Å². The van der Waals surface area contributed by atoms with Crippen molar-refractivity contribution in [2.24, 2.45) is 23.2 Å². The van der Waals surface area contributed by atoms with E-state index >= 15 is 0 Å². The number of rotatable bonds is 8. The fraction of sp³-hybridized carbons (Fsp3) is 0.692. The van der Waals surface area contributed by atoms with Gasteiger partial charge < -0.3 is 29.7 Å². The summed E-state index contributed by atoms with van der Waals surface area (Å²) in [5, 5.41) is 4.87. The van der Waals surface area contributed by atoms with Gasteiger partial charge in [-0.2, -0.15) is 0 Å². The molecule has 1 saturated heterocycles. The second-order valence-electron chi connectivity index (χ2n) is 17.3. The molecule has 2 aromatic rings. The Morgan fingerprint density at radius 1 is 1.07 bits per heavy atom. The number of aromatic nitrogens is 2. The standard InChI is InChI=1S/C39H53FN6O9S/c1-21-30-20-46(31(21)33(47)44-39(19-23(39)15-16-40)36(49)45-56(51,52)25-12-13-25)35(48)32(38(2,3)4)43-37(50)55-29-17-22(29)9-7-6-8-10-27-34(54-30)42-28-18-24(53-5)11-14-26(28)41-27/h11,14,18,21-23,25,29-32H,6-10,12-13,15-17,19-20H2,1-5H3,(H,43,50)(H,44,47)(H,45,49)/t21-,22-,23-,29-,30+,31+,32-,39-/m1/s1. The summed E-state index contributed by atoms with van der Waals surface area (Å²) < 4.78 is 59.2. The molecule has 4 amide bonds. The summed E-state index contributed by atoms with van der Waals surface area (Å²) in [7, 11) is -2.42. The molecule has 3 saturated carbocycles. The van der Waals surface area contributed by atoms with Crippen molar-refractivity contribution in [2.45, 2.75) is 127 Å². The van der Waals surface area contributed by atoms with Gasteiger partial charge in [-0.1, -0.05) is 40.5 Å². The first-order chi connectivity index (χ1) is 26.5. The first-order valence-corrected chi connectivity index (χ1v) is 21.3. The SMILES string of the molecule is COc1ccc2nc3c(nc2c1)O[C@H]1CN(C(=O)[C@H](C(C)(C)C)NC(=O)O[C@@H]2C[C@H]2CCCCC3)[C@H](C(=O)N[C@]2(C(=O)NS(=O)(=O)C3CC3)C[C@H]2CCF)[C@@H]1C. The van der Waals surface area contributed by atoms with Crippen LogP contribution in [0.5, 0.6) is 11.6 Å². The summed E-state index contributed by atoms with van der Waals surface area (Å²) in [5.74, 6) is -2.49. The third kappa shape index (κ3) is 8.23. The molecule has 4 fully saturated rings. The second kappa shape index (κ2) is 15.2. The molecule has 7 rings (SSSR count). The molecule has 56 heavy (non-hydrogen) atoms.